The SMILES string of the molecule is Cc1cc(NC(=O)N2CCN(C(=O)C3CCCO3)CC2)no1. The van der Waals surface area contributed by atoms with Gasteiger partial charge in [-0.05, 0) is 19.8 Å². The molecule has 3 amide bonds. The summed E-state index contributed by atoms with van der Waals surface area (Å²) in [7, 11) is 0. The number of rotatable bonds is 2. The van der Waals surface area contributed by atoms with Gasteiger partial charge in [0.1, 0.15) is 11.9 Å². The Morgan fingerprint density at radius 3 is 2.59 bits per heavy atom. The molecule has 3 rings (SSSR count). The maximum absolute atomic E-state index is 12.2. The fourth-order valence-electron chi connectivity index (χ4n) is 2.72. The zero-order valence-electron chi connectivity index (χ0n) is 12.6. The van der Waals surface area contributed by atoms with E-state index in [-0.39, 0.29) is 18.0 Å². The summed E-state index contributed by atoms with van der Waals surface area (Å²) in [6.45, 7) is 4.49. The largest absolute Gasteiger partial charge is 0.368 e. The van der Waals surface area contributed by atoms with Crippen molar-refractivity contribution in [3.05, 3.63) is 11.8 Å². The van der Waals surface area contributed by atoms with Gasteiger partial charge in [0.25, 0.3) is 5.91 Å². The average Bonchev–Trinajstić information content (AvgIpc) is 3.18. The molecule has 2 aliphatic rings. The molecule has 1 aromatic heterocycles. The fourth-order valence-corrected chi connectivity index (χ4v) is 2.72. The van der Waals surface area contributed by atoms with Gasteiger partial charge in [-0.25, -0.2) is 4.79 Å². The zero-order valence-corrected chi connectivity index (χ0v) is 12.6. The maximum atomic E-state index is 12.2. The minimum atomic E-state index is -0.293. The Labute approximate surface area is 128 Å². The van der Waals surface area contributed by atoms with Crippen LogP contribution in [0.4, 0.5) is 10.6 Å². The molecule has 0 aromatic carbocycles. The first-order valence-corrected chi connectivity index (χ1v) is 7.53. The third kappa shape index (κ3) is 3.22. The monoisotopic (exact) mass is 308 g/mol. The van der Waals surface area contributed by atoms with Gasteiger partial charge in [-0.2, -0.15) is 0 Å². The highest BCUT2D eigenvalue weighted by molar-refractivity contribution is 5.88. The molecular weight excluding hydrogens is 288 g/mol. The summed E-state index contributed by atoms with van der Waals surface area (Å²) < 4.78 is 10.3. The first-order valence-electron chi connectivity index (χ1n) is 7.53. The van der Waals surface area contributed by atoms with Crippen molar-refractivity contribution in [2.45, 2.75) is 25.9 Å². The van der Waals surface area contributed by atoms with Crippen LogP contribution in [0.2, 0.25) is 0 Å². The minimum absolute atomic E-state index is 0.0460. The van der Waals surface area contributed by atoms with Crippen LogP contribution in [0, 0.1) is 6.92 Å². The molecule has 3 heterocycles. The van der Waals surface area contributed by atoms with Crippen molar-refractivity contribution in [3.63, 3.8) is 0 Å². The quantitative estimate of drug-likeness (QED) is 0.874. The number of anilines is 1. The molecule has 120 valence electrons. The van der Waals surface area contributed by atoms with E-state index >= 15 is 0 Å². The van der Waals surface area contributed by atoms with Gasteiger partial charge in [-0.3, -0.25) is 10.1 Å². The summed E-state index contributed by atoms with van der Waals surface area (Å²) in [4.78, 5) is 27.8. The number of carbonyl (C=O) groups is 2. The normalized spacial score (nSPS) is 22.0. The van der Waals surface area contributed by atoms with E-state index in [1.807, 2.05) is 0 Å². The highest BCUT2D eigenvalue weighted by Gasteiger charge is 2.31. The summed E-state index contributed by atoms with van der Waals surface area (Å²) in [6.07, 6.45) is 1.44. The molecule has 2 fully saturated rings. The number of aromatic nitrogens is 1. The Hall–Kier alpha value is -2.09. The zero-order chi connectivity index (χ0) is 15.5. The molecule has 1 N–H and O–H groups in total. The van der Waals surface area contributed by atoms with E-state index in [9.17, 15) is 9.59 Å². The van der Waals surface area contributed by atoms with Gasteiger partial charge < -0.3 is 19.1 Å². The summed E-state index contributed by atoms with van der Waals surface area (Å²) in [6, 6.07) is 1.44. The highest BCUT2D eigenvalue weighted by atomic mass is 16.5. The molecule has 0 radical (unpaired) electrons. The molecule has 0 spiro atoms. The van der Waals surface area contributed by atoms with Crippen LogP contribution >= 0.6 is 0 Å². The van der Waals surface area contributed by atoms with Gasteiger partial charge >= 0.3 is 6.03 Å². The predicted molar refractivity (Wildman–Crippen MR) is 77.4 cm³/mol. The van der Waals surface area contributed by atoms with Crippen LogP contribution in [-0.4, -0.2) is 65.8 Å². The predicted octanol–water partition coefficient (Wildman–Crippen LogP) is 0.838. The lowest BCUT2D eigenvalue weighted by molar-refractivity contribution is -0.142. The van der Waals surface area contributed by atoms with E-state index < -0.39 is 0 Å². The first kappa shape index (κ1) is 14.8. The van der Waals surface area contributed by atoms with E-state index in [4.69, 9.17) is 9.26 Å². The lowest BCUT2D eigenvalue weighted by atomic mass is 10.2. The first-order chi connectivity index (χ1) is 10.6. The number of carbonyl (C=O) groups excluding carboxylic acids is 2. The second-order valence-corrected chi connectivity index (χ2v) is 5.57. The van der Waals surface area contributed by atoms with Gasteiger partial charge in [0.2, 0.25) is 0 Å². The summed E-state index contributed by atoms with van der Waals surface area (Å²) >= 11 is 0. The number of hydrogen-bond donors (Lipinski definition) is 1. The molecule has 1 unspecified atom stereocenters. The standard InChI is InChI=1S/C14H20N4O4/c1-10-9-12(16-22-10)15-14(20)18-6-4-17(5-7-18)13(19)11-3-2-8-21-11/h9,11H,2-8H2,1H3,(H,15,16,20). The van der Waals surface area contributed by atoms with Crippen molar-refractivity contribution in [1.82, 2.24) is 15.0 Å². The molecule has 8 nitrogen and oxygen atoms in total. The Kier molecular flexibility index (Phi) is 4.28. The Morgan fingerprint density at radius 2 is 2.00 bits per heavy atom. The molecular formula is C14H20N4O4. The van der Waals surface area contributed by atoms with Crippen LogP contribution in [-0.2, 0) is 9.53 Å². The van der Waals surface area contributed by atoms with Crippen molar-refractivity contribution in [2.24, 2.45) is 0 Å². The second-order valence-electron chi connectivity index (χ2n) is 5.57. The Balaban J connectivity index is 1.48. The summed E-state index contributed by atoms with van der Waals surface area (Å²) in [5, 5.41) is 6.42. The number of nitrogens with one attached hydrogen (secondary N) is 1. The van der Waals surface area contributed by atoms with Gasteiger partial charge in [0.15, 0.2) is 5.82 Å². The molecule has 0 saturated carbocycles. The van der Waals surface area contributed by atoms with E-state index in [0.29, 0.717) is 44.4 Å². The van der Waals surface area contributed by atoms with E-state index in [1.54, 1.807) is 22.8 Å². The Morgan fingerprint density at radius 1 is 1.27 bits per heavy atom. The molecule has 22 heavy (non-hydrogen) atoms. The highest BCUT2D eigenvalue weighted by Crippen LogP contribution is 2.16. The van der Waals surface area contributed by atoms with Crippen LogP contribution in [0.1, 0.15) is 18.6 Å². The van der Waals surface area contributed by atoms with Crippen LogP contribution in [0.15, 0.2) is 10.6 Å². The van der Waals surface area contributed by atoms with Crippen molar-refractivity contribution in [2.75, 3.05) is 38.1 Å². The number of nitrogens with zero attached hydrogens (tertiary/aromatic N) is 3. The number of urea groups is 1. The van der Waals surface area contributed by atoms with Crippen molar-refractivity contribution in [1.29, 1.82) is 0 Å². The topological polar surface area (TPSA) is 87.9 Å². The summed E-state index contributed by atoms with van der Waals surface area (Å²) in [5.41, 5.74) is 0. The number of hydrogen-bond acceptors (Lipinski definition) is 5. The maximum Gasteiger partial charge on any atom is 0.323 e. The van der Waals surface area contributed by atoms with Crippen molar-refractivity contribution >= 4 is 17.8 Å². The van der Waals surface area contributed by atoms with Gasteiger partial charge in [0.05, 0.1) is 0 Å². The fraction of sp³-hybridized carbons (Fsp3) is 0.643. The molecule has 1 atom stereocenters. The smallest absolute Gasteiger partial charge is 0.323 e. The Bertz CT molecular complexity index is 545. The average molecular weight is 308 g/mol. The van der Waals surface area contributed by atoms with Crippen LogP contribution in [0.5, 0.6) is 0 Å². The third-order valence-electron chi connectivity index (χ3n) is 3.95. The lowest BCUT2D eigenvalue weighted by Gasteiger charge is -2.35. The van der Waals surface area contributed by atoms with E-state index in [1.165, 1.54) is 0 Å². The minimum Gasteiger partial charge on any atom is -0.368 e. The number of aryl methyl sites for hydroxylation is 1. The lowest BCUT2D eigenvalue weighted by Crippen LogP contribution is -2.53. The molecule has 0 bridgehead atoms. The molecule has 1 aromatic rings. The number of ether oxygens (including phenoxy) is 1. The molecule has 2 aliphatic heterocycles. The van der Waals surface area contributed by atoms with E-state index in [2.05, 4.69) is 10.5 Å². The van der Waals surface area contributed by atoms with Gasteiger partial charge in [0, 0.05) is 38.9 Å². The van der Waals surface area contributed by atoms with Crippen molar-refractivity contribution < 1.29 is 18.8 Å². The summed E-state index contributed by atoms with van der Waals surface area (Å²) in [5.74, 6) is 1.09. The number of piperazine rings is 1. The van der Waals surface area contributed by atoms with Gasteiger partial charge in [-0.15, -0.1) is 0 Å². The van der Waals surface area contributed by atoms with Gasteiger partial charge in [-0.1, -0.05) is 5.16 Å². The second kappa shape index (κ2) is 6.35. The van der Waals surface area contributed by atoms with E-state index in [0.717, 1.165) is 12.8 Å². The molecule has 8 heteroatoms. The van der Waals surface area contributed by atoms with Crippen molar-refractivity contribution in [3.8, 4) is 0 Å². The van der Waals surface area contributed by atoms with Crippen LogP contribution in [0.25, 0.3) is 0 Å². The number of amides is 3. The molecule has 2 saturated heterocycles. The molecule has 0 aliphatic carbocycles. The van der Waals surface area contributed by atoms with Crippen LogP contribution < -0.4 is 5.32 Å². The van der Waals surface area contributed by atoms with Crippen LogP contribution in [0.3, 0.4) is 0 Å². The third-order valence-corrected chi connectivity index (χ3v) is 3.95.